The molecule has 774 valence electrons. The van der Waals surface area contributed by atoms with E-state index >= 15 is 0 Å². The van der Waals surface area contributed by atoms with Crippen LogP contribution >= 0.6 is 69.6 Å². The Morgan fingerprint density at radius 2 is 0.503 bits per heavy atom. The van der Waals surface area contributed by atoms with Gasteiger partial charge in [0.1, 0.15) is 0 Å². The number of aryl methyl sites for hydroxylation is 9. The van der Waals surface area contributed by atoms with Gasteiger partial charge in [0, 0.05) is 67.7 Å². The van der Waals surface area contributed by atoms with Crippen molar-refractivity contribution in [1.82, 2.24) is 76.0 Å². The number of hydrogen-bond donors (Lipinski definition) is 12. The van der Waals surface area contributed by atoms with Crippen molar-refractivity contribution in [2.24, 2.45) is 25.5 Å². The smallest absolute Gasteiger partial charge is 0.399 e. The molecule has 32 nitrogen and oxygen atoms in total. The Morgan fingerprint density at radius 1 is 0.275 bits per heavy atom. The van der Waals surface area contributed by atoms with Crippen LogP contribution in [0.15, 0.2) is 262 Å². The number of halogens is 12. The first-order chi connectivity index (χ1) is 70.0. The van der Waals surface area contributed by atoms with Gasteiger partial charge in [-0.2, -0.15) is 51.8 Å². The highest BCUT2D eigenvalue weighted by molar-refractivity contribution is 6.43. The first-order valence-electron chi connectivity index (χ1n) is 45.0. The first kappa shape index (κ1) is 113. The summed E-state index contributed by atoms with van der Waals surface area (Å²) in [5.74, 6) is -2.55. The molecule has 5 heterocycles. The number of nitrogens with two attached hydrogens (primary N) is 2. The van der Waals surface area contributed by atoms with Crippen molar-refractivity contribution in [3.63, 3.8) is 0 Å². The molecule has 14 N–H and O–H groups in total. The number of rotatable bonds is 20. The Kier molecular flexibility index (Phi) is 36.5. The topological polar surface area (TPSA) is 448 Å². The average Bonchev–Trinajstić information content (AvgIpc) is 1.66. The van der Waals surface area contributed by atoms with E-state index in [0.717, 1.165) is 82.0 Å². The fraction of sp³-hybridized carbons (Fsp3) is 0.190. The van der Waals surface area contributed by atoms with Crippen LogP contribution in [0, 0.1) is 62.3 Å². The fourth-order valence-electron chi connectivity index (χ4n) is 14.7. The van der Waals surface area contributed by atoms with Crippen LogP contribution in [0.5, 0.6) is 0 Å². The maximum atomic E-state index is 13.0. The molecular weight excluding hydrogens is 2060 g/mol. The van der Waals surface area contributed by atoms with Gasteiger partial charge >= 0.3 is 12.4 Å². The summed E-state index contributed by atoms with van der Waals surface area (Å²) in [6.45, 7) is 31.1. The monoisotopic (exact) mass is 2150 g/mol. The van der Waals surface area contributed by atoms with Crippen LogP contribution in [0.1, 0.15) is 202 Å². The number of nitrogens with zero attached hydrogens (tertiary/aromatic N) is 10. The lowest BCUT2D eigenvalue weighted by molar-refractivity contribution is -0.138. The Labute approximate surface area is 877 Å². The van der Waals surface area contributed by atoms with Gasteiger partial charge in [-0.05, 0) is 312 Å². The zero-order chi connectivity index (χ0) is 110. The number of benzene rings is 10. The molecule has 0 atom stereocenters. The van der Waals surface area contributed by atoms with E-state index in [4.69, 9.17) is 81.1 Å². The number of anilines is 2. The predicted molar refractivity (Wildman–Crippen MR) is 573 cm³/mol. The number of nitrogen functional groups attached to an aromatic ring is 2. The van der Waals surface area contributed by atoms with E-state index in [1.807, 2.05) is 83.1 Å². The Morgan fingerprint density at radius 3 is 0.732 bits per heavy atom. The lowest BCUT2D eigenvalue weighted by Crippen LogP contribution is -2.23. The highest BCUT2D eigenvalue weighted by Crippen LogP contribution is 2.33. The van der Waals surface area contributed by atoms with E-state index in [2.05, 4.69) is 98.9 Å². The van der Waals surface area contributed by atoms with E-state index in [9.17, 15) is 74.3 Å². The Hall–Kier alpha value is -16.1. The predicted octanol–water partition coefficient (Wildman–Crippen LogP) is 20.8. The third-order valence-corrected chi connectivity index (χ3v) is 25.3. The van der Waals surface area contributed by atoms with E-state index < -0.39 is 52.7 Å². The van der Waals surface area contributed by atoms with Gasteiger partial charge in [-0.15, -0.1) is 0 Å². The molecule has 5 amide bonds. The van der Waals surface area contributed by atoms with Gasteiger partial charge in [-0.25, -0.2) is 50.5 Å². The largest absolute Gasteiger partial charge is 0.416 e. The number of nitrogens with one attached hydrogen (secondary N) is 10. The molecule has 0 unspecified atom stereocenters. The number of hydrogen-bond acceptors (Lipinski definition) is 17. The molecule has 10 aromatic carbocycles. The molecule has 0 aliphatic rings. The quantitative estimate of drug-likeness (QED) is 0.0147. The number of alkyl halides is 6. The highest BCUT2D eigenvalue weighted by atomic mass is 35.5. The van der Waals surface area contributed by atoms with Crippen LogP contribution in [0.2, 0.25) is 30.1 Å². The Balaban J connectivity index is 0.000000177. The molecule has 0 spiro atoms. The van der Waals surface area contributed by atoms with E-state index in [-0.39, 0.29) is 66.7 Å². The van der Waals surface area contributed by atoms with E-state index in [1.165, 1.54) is 36.4 Å². The number of carbonyl (C=O) groups is 5. The summed E-state index contributed by atoms with van der Waals surface area (Å²) in [4.78, 5) is 126. The van der Waals surface area contributed by atoms with Crippen molar-refractivity contribution in [3.05, 3.63) is 417 Å². The second-order valence-corrected chi connectivity index (χ2v) is 37.5. The van der Waals surface area contributed by atoms with Crippen LogP contribution in [0.3, 0.4) is 0 Å². The number of amides is 5. The summed E-state index contributed by atoms with van der Waals surface area (Å²) >= 11 is 35.8. The van der Waals surface area contributed by atoms with Crippen molar-refractivity contribution in [1.29, 1.82) is 0 Å². The number of aromatic amines is 5. The standard InChI is InChI=1S/C25H30N4O2.C22H21F3N4O2.C20H15Cl2F3N4O2.2C19H17Cl2N5O2/c1-15-8-13-21(14-16(15)2)29-24(31)22(18(4)28-29)17(3)26-27-23(30)19-9-11-20(12-10-19)25(5,6)7;1-12-5-10-18(11-13(12)2)29-21(31)19(15(4)28-29)14(3)26-27-20(30)16-6-8-17(9-7-16)22(23,24)25;1-10(26-27-18(30)12-3-5-13(6-4-12)20(23,24)25)17-11(2)28-29(19(17)31)14-7-8-15(21)16(22)9-14;1-10(23-24-18(27)12-3-5-13(22)6-4-12)17-11(2)25-26(19(17)28)14-7-8-15(20)16(21)9-14;1-10(23-24-18(27)12-4-3-5-13(22)8-12)17-11(2)25-26(19(17)28)14-6-7-15(20)16(21)9-14/h8-14,28H,1-7H3,(H,27,30);5-11,28H,1-4H3,(H,27,30);3-9,28H,1-2H3,(H,27,30);2*3-9,25H,22H2,1-2H3,(H,24,27). The van der Waals surface area contributed by atoms with Gasteiger partial charge in [-0.1, -0.05) is 121 Å². The molecular formula is C105H100Cl6F6N22O10. The van der Waals surface area contributed by atoms with Crippen molar-refractivity contribution >= 4 is 139 Å². The van der Waals surface area contributed by atoms with E-state index in [0.29, 0.717) is 144 Å². The SMILES string of the molecule is CC(=NNC(=O)c1ccc(C(C)(C)C)cc1)c1c(C)[nH]n(-c2ccc(C)c(C)c2)c1=O.CC(=NNC(=O)c1ccc(C(F)(F)F)cc1)c1c(C)[nH]n(-c2ccc(C)c(C)c2)c1=O.CC(=NNC(=O)c1ccc(C(F)(F)F)cc1)c1c(C)[nH]n(-c2ccc(Cl)c(Cl)c2)c1=O.CC(=NNC(=O)c1ccc(N)cc1)c1c(C)[nH]n(-c2ccc(Cl)c(Cl)c2)c1=O.CC(=NNC(=O)c1cccc(N)c1)c1c(C)[nH]n(-c2ccc(Cl)c(Cl)c2)c1=O. The molecule has 44 heteroatoms. The number of carbonyl (C=O) groups excluding carboxylic acids is 5. The van der Waals surface area contributed by atoms with Crippen LogP contribution in [-0.2, 0) is 17.8 Å². The van der Waals surface area contributed by atoms with Gasteiger partial charge in [0.25, 0.3) is 57.3 Å². The van der Waals surface area contributed by atoms with Crippen molar-refractivity contribution in [3.8, 4) is 28.4 Å². The molecule has 0 bridgehead atoms. The minimum atomic E-state index is -4.50. The number of H-pyrrole nitrogens is 5. The maximum Gasteiger partial charge on any atom is 0.416 e. The number of hydrazone groups is 5. The fourth-order valence-corrected chi connectivity index (χ4v) is 15.6. The second kappa shape index (κ2) is 48.0. The molecule has 0 aliphatic heterocycles. The number of aromatic nitrogens is 10. The van der Waals surface area contributed by atoms with Gasteiger partial charge in [-0.3, -0.25) is 73.4 Å². The summed E-state index contributed by atoms with van der Waals surface area (Å²) < 4.78 is 82.7. The lowest BCUT2D eigenvalue weighted by Gasteiger charge is -2.18. The van der Waals surface area contributed by atoms with Crippen molar-refractivity contribution in [2.75, 3.05) is 11.5 Å². The molecule has 149 heavy (non-hydrogen) atoms. The van der Waals surface area contributed by atoms with Gasteiger partial charge in [0.2, 0.25) is 0 Å². The average molecular weight is 2160 g/mol. The molecule has 15 aromatic rings. The zero-order valence-corrected chi connectivity index (χ0v) is 87.5. The van der Waals surface area contributed by atoms with E-state index in [1.54, 1.807) is 165 Å². The molecule has 0 aliphatic carbocycles. The van der Waals surface area contributed by atoms with Crippen molar-refractivity contribution in [2.45, 2.75) is 135 Å². The molecule has 0 fully saturated rings. The van der Waals surface area contributed by atoms with Gasteiger partial charge in [0.15, 0.2) is 0 Å². The molecule has 0 saturated carbocycles. The summed E-state index contributed by atoms with van der Waals surface area (Å²) in [6, 6.07) is 53.8. The summed E-state index contributed by atoms with van der Waals surface area (Å²) in [5.41, 5.74) is 37.0. The minimum absolute atomic E-state index is 0.0106. The summed E-state index contributed by atoms with van der Waals surface area (Å²) in [6.07, 6.45) is -8.98. The lowest BCUT2D eigenvalue weighted by atomic mass is 9.87. The summed E-state index contributed by atoms with van der Waals surface area (Å²) in [5, 5.41) is 37.2. The van der Waals surface area contributed by atoms with Crippen LogP contribution < -0.4 is 66.4 Å². The summed E-state index contributed by atoms with van der Waals surface area (Å²) in [7, 11) is 0. The molecule has 15 rings (SSSR count). The van der Waals surface area contributed by atoms with Crippen molar-refractivity contribution < 1.29 is 50.3 Å². The highest BCUT2D eigenvalue weighted by Gasteiger charge is 2.33. The molecule has 0 radical (unpaired) electrons. The first-order valence-corrected chi connectivity index (χ1v) is 47.3. The van der Waals surface area contributed by atoms with Gasteiger partial charge in [0.05, 0.1) is 126 Å². The zero-order valence-electron chi connectivity index (χ0n) is 83.0. The second-order valence-electron chi connectivity index (χ2n) is 35.0. The van der Waals surface area contributed by atoms with Crippen LogP contribution in [0.25, 0.3) is 28.4 Å². The van der Waals surface area contributed by atoms with Gasteiger partial charge < -0.3 is 11.5 Å². The third-order valence-electron chi connectivity index (χ3n) is 23.1. The molecule has 0 saturated heterocycles. The minimum Gasteiger partial charge on any atom is -0.399 e. The molecule has 5 aromatic heterocycles. The van der Waals surface area contributed by atoms with Crippen LogP contribution in [0.4, 0.5) is 37.7 Å². The third kappa shape index (κ3) is 28.0. The Bertz CT molecular complexity index is 7670. The van der Waals surface area contributed by atoms with Crippen LogP contribution in [-0.4, -0.2) is 107 Å². The normalized spacial score (nSPS) is 11.9. The maximum absolute atomic E-state index is 13.0.